The molecule has 0 heterocycles. The highest BCUT2D eigenvalue weighted by Gasteiger charge is 2.12. The van der Waals surface area contributed by atoms with Gasteiger partial charge < -0.3 is 19.5 Å². The van der Waals surface area contributed by atoms with E-state index in [1.807, 2.05) is 31.2 Å². The van der Waals surface area contributed by atoms with Crippen LogP contribution in [0, 0.1) is 0 Å². The molecule has 0 aromatic heterocycles. The van der Waals surface area contributed by atoms with Crippen molar-refractivity contribution in [3.05, 3.63) is 53.6 Å². The van der Waals surface area contributed by atoms with Crippen molar-refractivity contribution in [2.24, 2.45) is 0 Å². The molecule has 0 saturated heterocycles. The fourth-order valence-corrected chi connectivity index (χ4v) is 2.43. The zero-order valence-electron chi connectivity index (χ0n) is 13.9. The van der Waals surface area contributed by atoms with Gasteiger partial charge in [0.2, 0.25) is 0 Å². The Morgan fingerprint density at radius 2 is 1.79 bits per heavy atom. The highest BCUT2D eigenvalue weighted by atomic mass is 19.3. The standard InChI is InChI=1S/C18H21F2NO3/c1-12(13-6-4-8-15(10-13)24-18(19)20)21-11-14-7-5-9-16(22-2)17(14)23-3/h4-10,12,18,21H,11H2,1-3H3. The summed E-state index contributed by atoms with van der Waals surface area (Å²) in [6.07, 6.45) is 0. The second kappa shape index (κ2) is 8.49. The summed E-state index contributed by atoms with van der Waals surface area (Å²) >= 11 is 0. The first kappa shape index (κ1) is 18.0. The maximum atomic E-state index is 12.3. The monoisotopic (exact) mass is 337 g/mol. The van der Waals surface area contributed by atoms with Crippen LogP contribution in [0.3, 0.4) is 0 Å². The molecular weight excluding hydrogens is 316 g/mol. The minimum atomic E-state index is -2.83. The van der Waals surface area contributed by atoms with Gasteiger partial charge in [0.15, 0.2) is 11.5 Å². The molecule has 0 aliphatic rings. The molecule has 0 bridgehead atoms. The van der Waals surface area contributed by atoms with Crippen LogP contribution < -0.4 is 19.5 Å². The predicted octanol–water partition coefficient (Wildman–Crippen LogP) is 4.16. The molecule has 0 amide bonds. The van der Waals surface area contributed by atoms with Crippen molar-refractivity contribution < 1.29 is 23.0 Å². The van der Waals surface area contributed by atoms with E-state index in [1.165, 1.54) is 6.07 Å². The number of alkyl halides is 2. The lowest BCUT2D eigenvalue weighted by atomic mass is 10.1. The fourth-order valence-electron chi connectivity index (χ4n) is 2.43. The quantitative estimate of drug-likeness (QED) is 0.785. The van der Waals surface area contributed by atoms with Gasteiger partial charge in [-0.3, -0.25) is 0 Å². The van der Waals surface area contributed by atoms with Crippen molar-refractivity contribution in [2.45, 2.75) is 26.1 Å². The maximum absolute atomic E-state index is 12.3. The van der Waals surface area contributed by atoms with Crippen molar-refractivity contribution in [2.75, 3.05) is 14.2 Å². The summed E-state index contributed by atoms with van der Waals surface area (Å²) in [6.45, 7) is -0.333. The average Bonchev–Trinajstić information content (AvgIpc) is 2.58. The Labute approximate surface area is 140 Å². The average molecular weight is 337 g/mol. The van der Waals surface area contributed by atoms with Crippen LogP contribution in [0.15, 0.2) is 42.5 Å². The smallest absolute Gasteiger partial charge is 0.387 e. The lowest BCUT2D eigenvalue weighted by Gasteiger charge is -2.18. The van der Waals surface area contributed by atoms with Crippen molar-refractivity contribution in [3.63, 3.8) is 0 Å². The number of ether oxygens (including phenoxy) is 3. The highest BCUT2D eigenvalue weighted by Crippen LogP contribution is 2.31. The number of hydrogen-bond acceptors (Lipinski definition) is 4. The molecule has 0 saturated carbocycles. The van der Waals surface area contributed by atoms with Crippen molar-refractivity contribution >= 4 is 0 Å². The van der Waals surface area contributed by atoms with Crippen molar-refractivity contribution in [3.8, 4) is 17.2 Å². The molecule has 0 radical (unpaired) electrons. The SMILES string of the molecule is COc1cccc(CNC(C)c2cccc(OC(F)F)c2)c1OC. The Bertz CT molecular complexity index is 664. The topological polar surface area (TPSA) is 39.7 Å². The third-order valence-corrected chi connectivity index (χ3v) is 3.67. The Morgan fingerprint density at radius 3 is 2.46 bits per heavy atom. The number of para-hydroxylation sites is 1. The van der Waals surface area contributed by atoms with Crippen molar-refractivity contribution in [1.82, 2.24) is 5.32 Å². The minimum Gasteiger partial charge on any atom is -0.493 e. The molecule has 24 heavy (non-hydrogen) atoms. The number of halogens is 2. The first-order valence-electron chi connectivity index (χ1n) is 7.53. The number of methoxy groups -OCH3 is 2. The molecular formula is C18H21F2NO3. The first-order valence-corrected chi connectivity index (χ1v) is 7.53. The Balaban J connectivity index is 2.07. The molecule has 2 rings (SSSR count). The predicted molar refractivity (Wildman–Crippen MR) is 87.9 cm³/mol. The van der Waals surface area contributed by atoms with Crippen LogP contribution in [-0.4, -0.2) is 20.8 Å². The van der Waals surface area contributed by atoms with E-state index in [4.69, 9.17) is 9.47 Å². The lowest BCUT2D eigenvalue weighted by molar-refractivity contribution is -0.0499. The van der Waals surface area contributed by atoms with Gasteiger partial charge >= 0.3 is 6.61 Å². The van der Waals surface area contributed by atoms with Crippen molar-refractivity contribution in [1.29, 1.82) is 0 Å². The number of rotatable bonds is 8. The molecule has 1 atom stereocenters. The van der Waals surface area contributed by atoms with Crippen LogP contribution in [0.4, 0.5) is 8.78 Å². The van der Waals surface area contributed by atoms with Gasteiger partial charge in [-0.25, -0.2) is 0 Å². The van der Waals surface area contributed by atoms with E-state index in [9.17, 15) is 8.78 Å². The normalized spacial score (nSPS) is 12.1. The van der Waals surface area contributed by atoms with E-state index >= 15 is 0 Å². The van der Waals surface area contributed by atoms with E-state index in [0.717, 1.165) is 11.1 Å². The zero-order chi connectivity index (χ0) is 17.5. The summed E-state index contributed by atoms with van der Waals surface area (Å²) in [7, 11) is 3.18. The molecule has 0 spiro atoms. The maximum Gasteiger partial charge on any atom is 0.387 e. The van der Waals surface area contributed by atoms with Crippen LogP contribution in [0.5, 0.6) is 17.2 Å². The van der Waals surface area contributed by atoms with Gasteiger partial charge in [-0.2, -0.15) is 8.78 Å². The highest BCUT2D eigenvalue weighted by molar-refractivity contribution is 5.46. The summed E-state index contributed by atoms with van der Waals surface area (Å²) < 4.78 is 39.7. The Hall–Kier alpha value is -2.34. The van der Waals surface area contributed by atoms with Crippen LogP contribution in [-0.2, 0) is 6.54 Å². The largest absolute Gasteiger partial charge is 0.493 e. The summed E-state index contributed by atoms with van der Waals surface area (Å²) in [5, 5.41) is 3.34. The molecule has 2 aromatic rings. The summed E-state index contributed by atoms with van der Waals surface area (Å²) in [5.41, 5.74) is 1.80. The van der Waals surface area contributed by atoms with Gasteiger partial charge in [0.25, 0.3) is 0 Å². The van der Waals surface area contributed by atoms with E-state index in [1.54, 1.807) is 26.4 Å². The summed E-state index contributed by atoms with van der Waals surface area (Å²) in [6, 6.07) is 12.3. The Morgan fingerprint density at radius 1 is 1.04 bits per heavy atom. The van der Waals surface area contributed by atoms with Crippen LogP contribution >= 0.6 is 0 Å². The van der Waals surface area contributed by atoms with Gasteiger partial charge in [0.1, 0.15) is 5.75 Å². The molecule has 2 aromatic carbocycles. The van der Waals surface area contributed by atoms with Gasteiger partial charge in [0.05, 0.1) is 14.2 Å². The molecule has 0 aliphatic heterocycles. The number of hydrogen-bond donors (Lipinski definition) is 1. The second-order valence-electron chi connectivity index (χ2n) is 5.21. The first-order chi connectivity index (χ1) is 11.5. The lowest BCUT2D eigenvalue weighted by Crippen LogP contribution is -2.18. The molecule has 0 fully saturated rings. The minimum absolute atomic E-state index is 0.0536. The van der Waals surface area contributed by atoms with Gasteiger partial charge in [-0.1, -0.05) is 24.3 Å². The van der Waals surface area contributed by atoms with Crippen LogP contribution in [0.25, 0.3) is 0 Å². The van der Waals surface area contributed by atoms with E-state index in [2.05, 4.69) is 10.1 Å². The van der Waals surface area contributed by atoms with Gasteiger partial charge in [0, 0.05) is 18.2 Å². The van der Waals surface area contributed by atoms with E-state index in [0.29, 0.717) is 18.0 Å². The third-order valence-electron chi connectivity index (χ3n) is 3.67. The van der Waals surface area contributed by atoms with Crippen LogP contribution in [0.1, 0.15) is 24.1 Å². The zero-order valence-corrected chi connectivity index (χ0v) is 13.9. The molecule has 6 heteroatoms. The van der Waals surface area contributed by atoms with Crippen LogP contribution in [0.2, 0.25) is 0 Å². The fraction of sp³-hybridized carbons (Fsp3) is 0.333. The Kier molecular flexibility index (Phi) is 6.37. The van der Waals surface area contributed by atoms with Gasteiger partial charge in [-0.05, 0) is 30.7 Å². The van der Waals surface area contributed by atoms with Gasteiger partial charge in [-0.15, -0.1) is 0 Å². The molecule has 4 nitrogen and oxygen atoms in total. The molecule has 1 unspecified atom stereocenters. The second-order valence-corrected chi connectivity index (χ2v) is 5.21. The summed E-state index contributed by atoms with van der Waals surface area (Å²) in [4.78, 5) is 0. The molecule has 1 N–H and O–H groups in total. The number of benzene rings is 2. The number of nitrogens with one attached hydrogen (secondary N) is 1. The molecule has 130 valence electrons. The summed E-state index contributed by atoms with van der Waals surface area (Å²) in [5.74, 6) is 1.49. The van der Waals surface area contributed by atoms with E-state index in [-0.39, 0.29) is 11.8 Å². The third kappa shape index (κ3) is 4.58. The van der Waals surface area contributed by atoms with E-state index < -0.39 is 6.61 Å². The molecule has 0 aliphatic carbocycles.